The Bertz CT molecular complexity index is 845. The fourth-order valence-electron chi connectivity index (χ4n) is 6.62. The summed E-state index contributed by atoms with van der Waals surface area (Å²) in [7, 11) is 0. The SMILES string of the molecule is NC(=O)c1ccc2c(c1O)C13CCC(CC4CC4)[C@H](C2)[C@]1(O)CCC(=O)C3. The summed E-state index contributed by atoms with van der Waals surface area (Å²) in [6.07, 6.45) is 7.22. The molecule has 5 heteroatoms. The average molecular weight is 369 g/mol. The molecule has 5 rings (SSSR count). The van der Waals surface area contributed by atoms with Gasteiger partial charge in [-0.2, -0.15) is 0 Å². The van der Waals surface area contributed by atoms with Gasteiger partial charge >= 0.3 is 0 Å². The molecule has 4 aliphatic carbocycles. The summed E-state index contributed by atoms with van der Waals surface area (Å²) in [6.45, 7) is 0. The van der Waals surface area contributed by atoms with Crippen molar-refractivity contribution in [3.05, 3.63) is 28.8 Å². The molecule has 1 aromatic carbocycles. The Balaban J connectivity index is 1.70. The van der Waals surface area contributed by atoms with Crippen molar-refractivity contribution in [3.63, 3.8) is 0 Å². The number of rotatable bonds is 3. The third-order valence-corrected chi connectivity index (χ3v) is 8.02. The molecule has 2 unspecified atom stereocenters. The van der Waals surface area contributed by atoms with Crippen LogP contribution in [0.5, 0.6) is 5.75 Å². The van der Waals surface area contributed by atoms with Crippen molar-refractivity contribution in [1.82, 2.24) is 0 Å². The second-order valence-corrected chi connectivity index (χ2v) is 9.37. The van der Waals surface area contributed by atoms with Gasteiger partial charge in [0, 0.05) is 23.8 Å². The van der Waals surface area contributed by atoms with E-state index >= 15 is 0 Å². The highest BCUT2D eigenvalue weighted by Crippen LogP contribution is 2.64. The highest BCUT2D eigenvalue weighted by atomic mass is 16.3. The molecule has 144 valence electrons. The Hall–Kier alpha value is -1.88. The third kappa shape index (κ3) is 2.27. The average Bonchev–Trinajstić information content (AvgIpc) is 3.42. The first-order valence-electron chi connectivity index (χ1n) is 10.2. The summed E-state index contributed by atoms with van der Waals surface area (Å²) < 4.78 is 0. The van der Waals surface area contributed by atoms with Gasteiger partial charge in [-0.05, 0) is 61.5 Å². The molecule has 1 amide bonds. The van der Waals surface area contributed by atoms with Gasteiger partial charge in [-0.15, -0.1) is 0 Å². The predicted molar refractivity (Wildman–Crippen MR) is 99.4 cm³/mol. The maximum absolute atomic E-state index is 12.5. The van der Waals surface area contributed by atoms with E-state index in [4.69, 9.17) is 5.73 Å². The number of aromatic hydroxyl groups is 1. The number of nitrogens with two attached hydrogens (primary N) is 1. The van der Waals surface area contributed by atoms with E-state index in [-0.39, 0.29) is 29.4 Å². The van der Waals surface area contributed by atoms with E-state index in [1.54, 1.807) is 6.07 Å². The van der Waals surface area contributed by atoms with Gasteiger partial charge in [0.15, 0.2) is 0 Å². The number of primary amides is 1. The molecular formula is C22H27NO4. The monoisotopic (exact) mass is 369 g/mol. The summed E-state index contributed by atoms with van der Waals surface area (Å²) in [5.74, 6) is 0.717. The summed E-state index contributed by atoms with van der Waals surface area (Å²) in [5.41, 5.74) is 5.37. The normalized spacial score (nSPS) is 37.4. The summed E-state index contributed by atoms with van der Waals surface area (Å²) in [6, 6.07) is 3.47. The lowest BCUT2D eigenvalue weighted by Gasteiger charge is -2.62. The number of carbonyl (C=O) groups is 2. The fraction of sp³-hybridized carbons (Fsp3) is 0.636. The molecule has 3 saturated carbocycles. The lowest BCUT2D eigenvalue weighted by molar-refractivity contribution is -0.173. The zero-order valence-electron chi connectivity index (χ0n) is 15.5. The zero-order valence-corrected chi connectivity index (χ0v) is 15.5. The summed E-state index contributed by atoms with van der Waals surface area (Å²) in [5, 5.41) is 23.0. The fourth-order valence-corrected chi connectivity index (χ4v) is 6.62. The minimum absolute atomic E-state index is 0.0852. The Kier molecular flexibility index (Phi) is 3.55. The van der Waals surface area contributed by atoms with Gasteiger partial charge in [0.1, 0.15) is 11.5 Å². The van der Waals surface area contributed by atoms with Crippen molar-refractivity contribution in [2.45, 2.75) is 68.8 Å². The Morgan fingerprint density at radius 1 is 1.22 bits per heavy atom. The maximum Gasteiger partial charge on any atom is 0.252 e. The van der Waals surface area contributed by atoms with Crippen LogP contribution < -0.4 is 5.73 Å². The first-order chi connectivity index (χ1) is 12.9. The van der Waals surface area contributed by atoms with Crippen molar-refractivity contribution < 1.29 is 19.8 Å². The minimum Gasteiger partial charge on any atom is -0.507 e. The highest BCUT2D eigenvalue weighted by molar-refractivity contribution is 5.96. The molecule has 5 nitrogen and oxygen atoms in total. The molecule has 0 aromatic heterocycles. The minimum atomic E-state index is -0.987. The molecule has 2 bridgehead atoms. The molecule has 0 spiro atoms. The molecular weight excluding hydrogens is 342 g/mol. The van der Waals surface area contributed by atoms with Crippen LogP contribution in [0.4, 0.5) is 0 Å². The van der Waals surface area contributed by atoms with E-state index in [1.807, 2.05) is 6.07 Å². The Morgan fingerprint density at radius 3 is 2.70 bits per heavy atom. The molecule has 27 heavy (non-hydrogen) atoms. The number of ketones is 1. The standard InChI is InChI=1S/C22H27NO4/c23-20(26)16-4-3-14-10-17-13(9-12-1-2-12)5-7-21(18(14)19(16)25)11-15(24)6-8-22(17,21)27/h3-4,12-13,17,25,27H,1-2,5-11H2,(H2,23,26)/t13?,17-,21?,22+/m0/s1. The predicted octanol–water partition coefficient (Wildman–Crippen LogP) is 2.60. The molecule has 0 radical (unpaired) electrons. The topological polar surface area (TPSA) is 101 Å². The van der Waals surface area contributed by atoms with Crippen LogP contribution in [-0.2, 0) is 16.6 Å². The first-order valence-corrected chi connectivity index (χ1v) is 10.2. The number of fused-ring (bicyclic) bond motifs is 1. The van der Waals surface area contributed by atoms with Gasteiger partial charge in [0.2, 0.25) is 0 Å². The molecule has 4 aliphatic rings. The molecule has 0 aliphatic heterocycles. The number of hydrogen-bond acceptors (Lipinski definition) is 4. The molecule has 3 fully saturated rings. The highest BCUT2D eigenvalue weighted by Gasteiger charge is 2.65. The second kappa shape index (κ2) is 5.57. The largest absolute Gasteiger partial charge is 0.507 e. The molecule has 4 atom stereocenters. The van der Waals surface area contributed by atoms with Crippen molar-refractivity contribution in [2.75, 3.05) is 0 Å². The van der Waals surface area contributed by atoms with E-state index in [2.05, 4.69) is 0 Å². The molecule has 0 heterocycles. The third-order valence-electron chi connectivity index (χ3n) is 8.02. The van der Waals surface area contributed by atoms with Gasteiger partial charge in [0.05, 0.1) is 11.2 Å². The number of carbonyl (C=O) groups excluding carboxylic acids is 2. The summed E-state index contributed by atoms with van der Waals surface area (Å²) >= 11 is 0. The van der Waals surface area contributed by atoms with E-state index in [9.17, 15) is 19.8 Å². The zero-order chi connectivity index (χ0) is 19.0. The van der Waals surface area contributed by atoms with Crippen LogP contribution in [0.15, 0.2) is 12.1 Å². The van der Waals surface area contributed by atoms with Crippen LogP contribution in [0, 0.1) is 17.8 Å². The maximum atomic E-state index is 12.5. The van der Waals surface area contributed by atoms with Gasteiger partial charge in [-0.25, -0.2) is 0 Å². The van der Waals surface area contributed by atoms with Crippen LogP contribution in [0.3, 0.4) is 0 Å². The lowest BCUT2D eigenvalue weighted by atomic mass is 9.43. The van der Waals surface area contributed by atoms with Crippen molar-refractivity contribution in [2.24, 2.45) is 23.5 Å². The number of hydrogen-bond donors (Lipinski definition) is 3. The van der Waals surface area contributed by atoms with Crippen molar-refractivity contribution in [3.8, 4) is 5.75 Å². The van der Waals surface area contributed by atoms with Crippen LogP contribution in [-0.4, -0.2) is 27.5 Å². The van der Waals surface area contributed by atoms with Gasteiger partial charge in [-0.1, -0.05) is 18.9 Å². The second-order valence-electron chi connectivity index (χ2n) is 9.37. The molecule has 1 aromatic rings. The number of amides is 1. The number of phenols is 1. The lowest BCUT2D eigenvalue weighted by Crippen LogP contribution is -2.66. The van der Waals surface area contributed by atoms with Gasteiger partial charge in [-0.3, -0.25) is 9.59 Å². The first kappa shape index (κ1) is 17.2. The number of aliphatic hydroxyl groups is 1. The van der Waals surface area contributed by atoms with Gasteiger partial charge in [0.25, 0.3) is 5.91 Å². The van der Waals surface area contributed by atoms with E-state index in [0.717, 1.165) is 24.3 Å². The smallest absolute Gasteiger partial charge is 0.252 e. The number of Topliss-reactive ketones (excluding diaryl/α,β-unsaturated/α-hetero) is 1. The number of benzene rings is 1. The van der Waals surface area contributed by atoms with Crippen LogP contribution in [0.1, 0.15) is 72.9 Å². The van der Waals surface area contributed by atoms with Crippen LogP contribution >= 0.6 is 0 Å². The van der Waals surface area contributed by atoms with E-state index in [1.165, 1.54) is 12.8 Å². The van der Waals surface area contributed by atoms with Crippen LogP contribution in [0.2, 0.25) is 0 Å². The van der Waals surface area contributed by atoms with Crippen molar-refractivity contribution >= 4 is 11.7 Å². The van der Waals surface area contributed by atoms with Crippen LogP contribution in [0.25, 0.3) is 0 Å². The summed E-state index contributed by atoms with van der Waals surface area (Å²) in [4.78, 5) is 24.3. The van der Waals surface area contributed by atoms with Gasteiger partial charge < -0.3 is 15.9 Å². The molecule has 0 saturated heterocycles. The Morgan fingerprint density at radius 2 is 2.00 bits per heavy atom. The van der Waals surface area contributed by atoms with E-state index in [0.29, 0.717) is 37.2 Å². The quantitative estimate of drug-likeness (QED) is 0.762. The van der Waals surface area contributed by atoms with Crippen molar-refractivity contribution in [1.29, 1.82) is 0 Å². The van der Waals surface area contributed by atoms with E-state index < -0.39 is 16.9 Å². The molecule has 4 N–H and O–H groups in total. The Labute approximate surface area is 158 Å².